The Morgan fingerprint density at radius 2 is 1.70 bits per heavy atom. The van der Waals surface area contributed by atoms with Crippen molar-refractivity contribution in [2.75, 3.05) is 0 Å². The summed E-state index contributed by atoms with van der Waals surface area (Å²) in [4.78, 5) is 10.9. The Kier molecular flexibility index (Phi) is 3.98. The molecule has 0 spiro atoms. The predicted octanol–water partition coefficient (Wildman–Crippen LogP) is 3.78. The molecule has 3 rings (SSSR count). The van der Waals surface area contributed by atoms with Gasteiger partial charge in [0.2, 0.25) is 0 Å². The maximum atomic E-state index is 10.9. The van der Waals surface area contributed by atoms with Crippen LogP contribution < -0.4 is 0 Å². The Labute approximate surface area is 135 Å². The number of carboxylic acids is 1. The van der Waals surface area contributed by atoms with Crippen LogP contribution in [-0.4, -0.2) is 20.9 Å². The van der Waals surface area contributed by atoms with Gasteiger partial charge < -0.3 is 5.11 Å². The number of benzene rings is 2. The van der Waals surface area contributed by atoms with E-state index in [-0.39, 0.29) is 0 Å². The standard InChI is InChI=1S/C19H18N2O2/c1-13-18(12-15-8-10-16(11-9-15)19(22)23)14(2)21(20-13)17-6-4-3-5-7-17/h3-11H,12H2,1-2H3,(H,22,23). The Bertz CT molecular complexity index is 834. The lowest BCUT2D eigenvalue weighted by Gasteiger charge is -2.06. The fourth-order valence-electron chi connectivity index (χ4n) is 2.72. The molecule has 0 aliphatic carbocycles. The van der Waals surface area contributed by atoms with E-state index in [2.05, 4.69) is 12.0 Å². The van der Waals surface area contributed by atoms with Crippen molar-refractivity contribution in [3.63, 3.8) is 0 Å². The zero-order chi connectivity index (χ0) is 16.4. The van der Waals surface area contributed by atoms with E-state index in [0.29, 0.717) is 5.56 Å². The van der Waals surface area contributed by atoms with Gasteiger partial charge in [0.25, 0.3) is 0 Å². The van der Waals surface area contributed by atoms with Gasteiger partial charge in [0, 0.05) is 17.7 Å². The highest BCUT2D eigenvalue weighted by molar-refractivity contribution is 5.87. The van der Waals surface area contributed by atoms with Crippen molar-refractivity contribution in [1.29, 1.82) is 0 Å². The molecule has 116 valence electrons. The van der Waals surface area contributed by atoms with Crippen LogP contribution in [0, 0.1) is 13.8 Å². The third-order valence-corrected chi connectivity index (χ3v) is 4.02. The Balaban J connectivity index is 1.92. The van der Waals surface area contributed by atoms with Gasteiger partial charge in [-0.1, -0.05) is 30.3 Å². The lowest BCUT2D eigenvalue weighted by Crippen LogP contribution is -2.00. The first-order chi connectivity index (χ1) is 11.1. The van der Waals surface area contributed by atoms with Gasteiger partial charge in [0.05, 0.1) is 16.9 Å². The topological polar surface area (TPSA) is 55.1 Å². The fraction of sp³-hybridized carbons (Fsp3) is 0.158. The smallest absolute Gasteiger partial charge is 0.335 e. The zero-order valence-corrected chi connectivity index (χ0v) is 13.2. The van der Waals surface area contributed by atoms with Gasteiger partial charge in [-0.3, -0.25) is 0 Å². The van der Waals surface area contributed by atoms with Gasteiger partial charge in [-0.15, -0.1) is 0 Å². The molecule has 0 aliphatic heterocycles. The van der Waals surface area contributed by atoms with Crippen molar-refractivity contribution in [1.82, 2.24) is 9.78 Å². The second-order valence-corrected chi connectivity index (χ2v) is 5.58. The molecule has 0 bridgehead atoms. The average molecular weight is 306 g/mol. The Morgan fingerprint density at radius 3 is 2.30 bits per heavy atom. The van der Waals surface area contributed by atoms with Crippen molar-refractivity contribution in [2.24, 2.45) is 0 Å². The minimum absolute atomic E-state index is 0.308. The molecule has 0 amide bonds. The van der Waals surface area contributed by atoms with E-state index in [1.807, 2.05) is 54.1 Å². The lowest BCUT2D eigenvalue weighted by atomic mass is 10.0. The number of para-hydroxylation sites is 1. The normalized spacial score (nSPS) is 10.7. The van der Waals surface area contributed by atoms with Crippen LogP contribution in [-0.2, 0) is 6.42 Å². The summed E-state index contributed by atoms with van der Waals surface area (Å²) in [6.07, 6.45) is 0.740. The largest absolute Gasteiger partial charge is 0.478 e. The number of carbonyl (C=O) groups is 1. The lowest BCUT2D eigenvalue weighted by molar-refractivity contribution is 0.0697. The molecule has 4 heteroatoms. The molecule has 1 heterocycles. The number of nitrogens with zero attached hydrogens (tertiary/aromatic N) is 2. The van der Waals surface area contributed by atoms with E-state index < -0.39 is 5.97 Å². The molecule has 1 aromatic heterocycles. The number of aromatic nitrogens is 2. The number of aromatic carboxylic acids is 1. The minimum atomic E-state index is -0.902. The summed E-state index contributed by atoms with van der Waals surface area (Å²) < 4.78 is 1.95. The second-order valence-electron chi connectivity index (χ2n) is 5.58. The molecule has 0 saturated carbocycles. The van der Waals surface area contributed by atoms with Crippen LogP contribution in [0.4, 0.5) is 0 Å². The number of carboxylic acid groups (broad SMARTS) is 1. The molecular weight excluding hydrogens is 288 g/mol. The first kappa shape index (κ1) is 15.0. The molecule has 4 nitrogen and oxygen atoms in total. The van der Waals surface area contributed by atoms with Crippen LogP contribution in [0.3, 0.4) is 0 Å². The molecule has 0 unspecified atom stereocenters. The quantitative estimate of drug-likeness (QED) is 0.798. The Morgan fingerprint density at radius 1 is 1.04 bits per heavy atom. The van der Waals surface area contributed by atoms with E-state index >= 15 is 0 Å². The number of hydrogen-bond acceptors (Lipinski definition) is 2. The SMILES string of the molecule is Cc1nn(-c2ccccc2)c(C)c1Cc1ccc(C(=O)O)cc1. The van der Waals surface area contributed by atoms with Gasteiger partial charge in [-0.25, -0.2) is 9.48 Å². The average Bonchev–Trinajstić information content (AvgIpc) is 2.84. The first-order valence-corrected chi connectivity index (χ1v) is 7.49. The molecule has 0 aliphatic rings. The molecular formula is C19H18N2O2. The second kappa shape index (κ2) is 6.08. The van der Waals surface area contributed by atoms with Crippen molar-refractivity contribution in [3.8, 4) is 5.69 Å². The number of rotatable bonds is 4. The van der Waals surface area contributed by atoms with E-state index in [1.54, 1.807) is 12.1 Å². The van der Waals surface area contributed by atoms with Gasteiger partial charge in [-0.05, 0) is 43.7 Å². The maximum Gasteiger partial charge on any atom is 0.335 e. The molecule has 1 N–H and O–H groups in total. The first-order valence-electron chi connectivity index (χ1n) is 7.49. The zero-order valence-electron chi connectivity index (χ0n) is 13.2. The molecule has 3 aromatic rings. The van der Waals surface area contributed by atoms with Crippen molar-refractivity contribution in [2.45, 2.75) is 20.3 Å². The summed E-state index contributed by atoms with van der Waals surface area (Å²) in [5.74, 6) is -0.902. The van der Waals surface area contributed by atoms with Crippen LogP contribution in [0.15, 0.2) is 54.6 Å². The van der Waals surface area contributed by atoms with E-state index in [0.717, 1.165) is 29.1 Å². The number of aryl methyl sites for hydroxylation is 1. The van der Waals surface area contributed by atoms with Crippen molar-refractivity contribution < 1.29 is 9.90 Å². The summed E-state index contributed by atoms with van der Waals surface area (Å²) in [6, 6.07) is 17.1. The van der Waals surface area contributed by atoms with Crippen LogP contribution in [0.1, 0.15) is 32.9 Å². The molecule has 0 atom stereocenters. The van der Waals surface area contributed by atoms with Crippen molar-refractivity contribution >= 4 is 5.97 Å². The van der Waals surface area contributed by atoms with Crippen molar-refractivity contribution in [3.05, 3.63) is 82.7 Å². The van der Waals surface area contributed by atoms with E-state index in [1.165, 1.54) is 5.56 Å². The maximum absolute atomic E-state index is 10.9. The Hall–Kier alpha value is -2.88. The minimum Gasteiger partial charge on any atom is -0.478 e. The molecule has 0 fully saturated rings. The van der Waals surface area contributed by atoms with Gasteiger partial charge in [-0.2, -0.15) is 5.10 Å². The highest BCUT2D eigenvalue weighted by Gasteiger charge is 2.13. The van der Waals surface area contributed by atoms with Crippen LogP contribution in [0.5, 0.6) is 0 Å². The predicted molar refractivity (Wildman–Crippen MR) is 89.2 cm³/mol. The fourth-order valence-corrected chi connectivity index (χ4v) is 2.72. The highest BCUT2D eigenvalue weighted by Crippen LogP contribution is 2.21. The summed E-state index contributed by atoms with van der Waals surface area (Å²) >= 11 is 0. The third-order valence-electron chi connectivity index (χ3n) is 4.02. The molecule has 23 heavy (non-hydrogen) atoms. The van der Waals surface area contributed by atoms with Crippen LogP contribution in [0.2, 0.25) is 0 Å². The van der Waals surface area contributed by atoms with Crippen LogP contribution in [0.25, 0.3) is 5.69 Å². The van der Waals surface area contributed by atoms with E-state index in [9.17, 15) is 4.79 Å². The summed E-state index contributed by atoms with van der Waals surface area (Å²) in [6.45, 7) is 4.07. The molecule has 0 radical (unpaired) electrons. The third kappa shape index (κ3) is 3.01. The van der Waals surface area contributed by atoms with Gasteiger partial charge in [0.15, 0.2) is 0 Å². The number of hydrogen-bond donors (Lipinski definition) is 1. The van der Waals surface area contributed by atoms with Gasteiger partial charge >= 0.3 is 5.97 Å². The summed E-state index contributed by atoms with van der Waals surface area (Å²) in [5.41, 5.74) is 5.71. The van der Waals surface area contributed by atoms with Crippen LogP contribution >= 0.6 is 0 Å². The summed E-state index contributed by atoms with van der Waals surface area (Å²) in [7, 11) is 0. The summed E-state index contributed by atoms with van der Waals surface area (Å²) in [5, 5.41) is 13.6. The molecule has 2 aromatic carbocycles. The highest BCUT2D eigenvalue weighted by atomic mass is 16.4. The van der Waals surface area contributed by atoms with E-state index in [4.69, 9.17) is 5.11 Å². The monoisotopic (exact) mass is 306 g/mol. The molecule has 0 saturated heterocycles. The van der Waals surface area contributed by atoms with Gasteiger partial charge in [0.1, 0.15) is 0 Å².